The van der Waals surface area contributed by atoms with Crippen LogP contribution >= 0.6 is 0 Å². The summed E-state index contributed by atoms with van der Waals surface area (Å²) in [5, 5.41) is 0. The van der Waals surface area contributed by atoms with Crippen LogP contribution < -0.4 is 15.2 Å². The van der Waals surface area contributed by atoms with E-state index in [0.29, 0.717) is 12.4 Å². The van der Waals surface area contributed by atoms with Gasteiger partial charge in [0.15, 0.2) is 0 Å². The van der Waals surface area contributed by atoms with Gasteiger partial charge in [0.25, 0.3) is 0 Å². The molecule has 0 spiro atoms. The van der Waals surface area contributed by atoms with Gasteiger partial charge >= 0.3 is 0 Å². The van der Waals surface area contributed by atoms with Crippen LogP contribution in [0.3, 0.4) is 0 Å². The normalized spacial score (nSPS) is 18.4. The maximum absolute atomic E-state index is 12.6. The highest BCUT2D eigenvalue weighted by atomic mass is 19.1. The molecule has 3 aromatic rings. The number of nitrogens with zero attached hydrogens (tertiary/aromatic N) is 2. The number of ether oxygens (including phenoxy) is 2. The fraction of sp³-hybridized carbons (Fsp3) is 0.296. The molecule has 0 amide bonds. The fourth-order valence-electron chi connectivity index (χ4n) is 4.56. The molecule has 0 bridgehead atoms. The lowest BCUT2D eigenvalue weighted by Gasteiger charge is -2.37. The third-order valence-electron chi connectivity index (χ3n) is 6.41. The molecule has 1 atom stereocenters. The van der Waals surface area contributed by atoms with Crippen LogP contribution in [0.2, 0.25) is 0 Å². The van der Waals surface area contributed by atoms with Crippen molar-refractivity contribution in [3.05, 3.63) is 83.6 Å². The van der Waals surface area contributed by atoms with Crippen LogP contribution in [0.25, 0.3) is 11.1 Å². The number of aromatic nitrogens is 1. The molecule has 5 rings (SSSR count). The minimum Gasteiger partial charge on any atom is -0.492 e. The number of halogens is 1. The second-order valence-corrected chi connectivity index (χ2v) is 8.70. The van der Waals surface area contributed by atoms with Crippen molar-refractivity contribution in [2.24, 2.45) is 5.92 Å². The van der Waals surface area contributed by atoms with E-state index in [1.54, 1.807) is 6.20 Å². The van der Waals surface area contributed by atoms with Crippen molar-refractivity contribution in [2.45, 2.75) is 13.0 Å². The highest BCUT2D eigenvalue weighted by molar-refractivity contribution is 5.95. The smallest absolute Gasteiger partial charge is 0.150 e. The molecule has 2 aliphatic rings. The number of fused-ring (bicyclic) bond motifs is 1. The number of para-hydroxylation sites is 1. The number of rotatable bonds is 7. The molecule has 2 N–H and O–H groups in total. The van der Waals surface area contributed by atoms with E-state index < -0.39 is 0 Å². The van der Waals surface area contributed by atoms with Crippen molar-refractivity contribution in [1.82, 2.24) is 9.88 Å². The molecule has 2 aliphatic heterocycles. The Morgan fingerprint density at radius 1 is 1.09 bits per heavy atom. The van der Waals surface area contributed by atoms with Gasteiger partial charge in [0.05, 0.1) is 6.67 Å². The summed E-state index contributed by atoms with van der Waals surface area (Å²) >= 11 is 0. The molecule has 0 saturated carbocycles. The molecular formula is C27H28FN3O2. The molecule has 1 unspecified atom stereocenters. The highest BCUT2D eigenvalue weighted by Gasteiger charge is 2.29. The number of allylic oxidation sites excluding steroid dienone is 1. The van der Waals surface area contributed by atoms with Crippen molar-refractivity contribution in [3.63, 3.8) is 0 Å². The van der Waals surface area contributed by atoms with E-state index in [1.165, 1.54) is 0 Å². The minimum absolute atomic E-state index is 0.201. The Bertz CT molecular complexity index is 1140. The molecular weight excluding hydrogens is 417 g/mol. The average Bonchev–Trinajstić information content (AvgIpc) is 2.82. The van der Waals surface area contributed by atoms with Crippen molar-refractivity contribution in [2.75, 3.05) is 38.6 Å². The molecule has 5 nitrogen and oxygen atoms in total. The van der Waals surface area contributed by atoms with Crippen molar-refractivity contribution in [1.29, 1.82) is 0 Å². The maximum Gasteiger partial charge on any atom is 0.150 e. The topological polar surface area (TPSA) is 60.6 Å². The summed E-state index contributed by atoms with van der Waals surface area (Å²) in [6, 6.07) is 20.0. The van der Waals surface area contributed by atoms with Crippen LogP contribution in [0.5, 0.6) is 11.5 Å². The summed E-state index contributed by atoms with van der Waals surface area (Å²) in [5.41, 5.74) is 11.2. The van der Waals surface area contributed by atoms with Gasteiger partial charge in [-0.1, -0.05) is 30.3 Å². The predicted molar refractivity (Wildman–Crippen MR) is 129 cm³/mol. The SMILES string of the molecule is CC1=C(c2ccc(N)nc2)C(c2ccc(OCCN3CC(CF)C3)cc2)Oc2ccccc21. The van der Waals surface area contributed by atoms with Gasteiger partial charge in [-0.05, 0) is 48.4 Å². The van der Waals surface area contributed by atoms with Crippen LogP contribution in [0.4, 0.5) is 10.2 Å². The van der Waals surface area contributed by atoms with Gasteiger partial charge in [-0.3, -0.25) is 9.29 Å². The van der Waals surface area contributed by atoms with Gasteiger partial charge in [-0.25, -0.2) is 4.98 Å². The van der Waals surface area contributed by atoms with Gasteiger partial charge in [-0.2, -0.15) is 0 Å². The molecule has 1 fully saturated rings. The number of hydrogen-bond acceptors (Lipinski definition) is 5. The van der Waals surface area contributed by atoms with E-state index in [4.69, 9.17) is 15.2 Å². The molecule has 1 aromatic heterocycles. The van der Waals surface area contributed by atoms with E-state index in [2.05, 4.69) is 35.0 Å². The number of nitrogens with two attached hydrogens (primary N) is 1. The number of benzene rings is 2. The second kappa shape index (κ2) is 9.24. The number of nitrogen functional groups attached to an aromatic ring is 1. The predicted octanol–water partition coefficient (Wildman–Crippen LogP) is 5.01. The molecule has 6 heteroatoms. The first kappa shape index (κ1) is 21.5. The van der Waals surface area contributed by atoms with Crippen molar-refractivity contribution in [3.8, 4) is 11.5 Å². The Balaban J connectivity index is 1.36. The summed E-state index contributed by atoms with van der Waals surface area (Å²) < 4.78 is 25.0. The molecule has 2 aromatic carbocycles. The van der Waals surface area contributed by atoms with Gasteiger partial charge in [0.1, 0.15) is 30.0 Å². The summed E-state index contributed by atoms with van der Waals surface area (Å²) in [6.45, 7) is 4.96. The lowest BCUT2D eigenvalue weighted by atomic mass is 9.87. The number of pyridine rings is 1. The lowest BCUT2D eigenvalue weighted by Crippen LogP contribution is -2.49. The van der Waals surface area contributed by atoms with E-state index in [-0.39, 0.29) is 18.7 Å². The van der Waals surface area contributed by atoms with Gasteiger partial charge in [0, 0.05) is 48.4 Å². The molecule has 33 heavy (non-hydrogen) atoms. The number of likely N-dealkylation sites (tertiary alicyclic amines) is 1. The zero-order valence-corrected chi connectivity index (χ0v) is 18.7. The molecule has 170 valence electrons. The van der Waals surface area contributed by atoms with Crippen LogP contribution in [0, 0.1) is 5.92 Å². The third kappa shape index (κ3) is 4.44. The Morgan fingerprint density at radius 2 is 1.88 bits per heavy atom. The first-order valence-electron chi connectivity index (χ1n) is 11.3. The standard InChI is InChI=1S/C27H28FN3O2/c1-18-23-4-2-3-5-24(23)33-27(26(18)21-8-11-25(29)30-15-21)20-6-9-22(10-7-20)32-13-12-31-16-19(14-28)17-31/h2-11,15,19,27H,12-14,16-17H2,1H3,(H2,29,30). The fourth-order valence-corrected chi connectivity index (χ4v) is 4.56. The van der Waals surface area contributed by atoms with Crippen molar-refractivity contribution < 1.29 is 13.9 Å². The number of hydrogen-bond donors (Lipinski definition) is 1. The maximum atomic E-state index is 12.6. The Labute approximate surface area is 193 Å². The Hall–Kier alpha value is -3.38. The lowest BCUT2D eigenvalue weighted by molar-refractivity contribution is 0.0668. The third-order valence-corrected chi connectivity index (χ3v) is 6.41. The highest BCUT2D eigenvalue weighted by Crippen LogP contribution is 2.46. The van der Waals surface area contributed by atoms with Gasteiger partial charge < -0.3 is 15.2 Å². The quantitative estimate of drug-likeness (QED) is 0.554. The van der Waals surface area contributed by atoms with E-state index >= 15 is 0 Å². The largest absolute Gasteiger partial charge is 0.492 e. The summed E-state index contributed by atoms with van der Waals surface area (Å²) in [6.07, 6.45) is 1.54. The molecule has 0 aliphatic carbocycles. The average molecular weight is 446 g/mol. The number of alkyl halides is 1. The second-order valence-electron chi connectivity index (χ2n) is 8.70. The molecule has 3 heterocycles. The first-order chi connectivity index (χ1) is 16.1. The van der Waals surface area contributed by atoms with E-state index in [1.807, 2.05) is 42.5 Å². The van der Waals surface area contributed by atoms with Gasteiger partial charge in [-0.15, -0.1) is 0 Å². The summed E-state index contributed by atoms with van der Waals surface area (Å²) in [5.74, 6) is 2.38. The first-order valence-corrected chi connectivity index (χ1v) is 11.3. The van der Waals surface area contributed by atoms with E-state index in [0.717, 1.165) is 59.0 Å². The number of anilines is 1. The summed E-state index contributed by atoms with van der Waals surface area (Å²) in [4.78, 5) is 6.51. The Kier molecular flexibility index (Phi) is 6.01. The van der Waals surface area contributed by atoms with Gasteiger partial charge in [0.2, 0.25) is 0 Å². The van der Waals surface area contributed by atoms with Crippen LogP contribution in [0.1, 0.15) is 29.7 Å². The monoisotopic (exact) mass is 445 g/mol. The minimum atomic E-state index is -0.266. The van der Waals surface area contributed by atoms with Crippen LogP contribution in [-0.4, -0.2) is 42.8 Å². The van der Waals surface area contributed by atoms with E-state index in [9.17, 15) is 4.39 Å². The van der Waals surface area contributed by atoms with Crippen molar-refractivity contribution >= 4 is 17.0 Å². The zero-order valence-electron chi connectivity index (χ0n) is 18.7. The molecule has 1 saturated heterocycles. The Morgan fingerprint density at radius 3 is 2.61 bits per heavy atom. The summed E-state index contributed by atoms with van der Waals surface area (Å²) in [7, 11) is 0. The molecule has 0 radical (unpaired) electrons. The van der Waals surface area contributed by atoms with Crippen LogP contribution in [0.15, 0.2) is 66.9 Å². The van der Waals surface area contributed by atoms with Crippen LogP contribution in [-0.2, 0) is 0 Å². The zero-order chi connectivity index (χ0) is 22.8.